The van der Waals surface area contributed by atoms with Crippen molar-refractivity contribution in [3.8, 4) is 0 Å². The molecular formula is C15H19BrN4. The zero-order valence-corrected chi connectivity index (χ0v) is 13.6. The van der Waals surface area contributed by atoms with E-state index in [0.717, 1.165) is 34.9 Å². The molecule has 4 nitrogen and oxygen atoms in total. The van der Waals surface area contributed by atoms with Crippen LogP contribution in [0.25, 0.3) is 0 Å². The first-order valence-corrected chi connectivity index (χ1v) is 7.43. The van der Waals surface area contributed by atoms with E-state index in [0.29, 0.717) is 0 Å². The van der Waals surface area contributed by atoms with Gasteiger partial charge in [0.2, 0.25) is 0 Å². The lowest BCUT2D eigenvalue weighted by atomic mass is 10.2. The SMILES string of the molecule is CCc1nc(NC)cc(N(C)Cc2ccccc2Br)n1. The van der Waals surface area contributed by atoms with Crippen molar-refractivity contribution in [3.05, 3.63) is 46.2 Å². The van der Waals surface area contributed by atoms with Crippen LogP contribution >= 0.6 is 15.9 Å². The highest BCUT2D eigenvalue weighted by molar-refractivity contribution is 9.10. The van der Waals surface area contributed by atoms with Gasteiger partial charge in [-0.25, -0.2) is 9.97 Å². The fourth-order valence-corrected chi connectivity index (χ4v) is 2.34. The van der Waals surface area contributed by atoms with E-state index in [9.17, 15) is 0 Å². The number of aryl methyl sites for hydroxylation is 1. The second-order valence-electron chi connectivity index (χ2n) is 4.58. The molecule has 20 heavy (non-hydrogen) atoms. The van der Waals surface area contributed by atoms with Gasteiger partial charge in [0.15, 0.2) is 0 Å². The van der Waals surface area contributed by atoms with Crippen molar-refractivity contribution in [2.24, 2.45) is 0 Å². The van der Waals surface area contributed by atoms with E-state index in [1.165, 1.54) is 5.56 Å². The first kappa shape index (κ1) is 14.8. The third kappa shape index (κ3) is 3.48. The molecule has 0 unspecified atom stereocenters. The van der Waals surface area contributed by atoms with E-state index < -0.39 is 0 Å². The van der Waals surface area contributed by atoms with E-state index in [1.807, 2.05) is 32.3 Å². The van der Waals surface area contributed by atoms with E-state index >= 15 is 0 Å². The average molecular weight is 335 g/mol. The molecule has 0 amide bonds. The molecule has 1 aromatic carbocycles. The van der Waals surface area contributed by atoms with Crippen LogP contribution in [0.2, 0.25) is 0 Å². The van der Waals surface area contributed by atoms with Gasteiger partial charge in [0.25, 0.3) is 0 Å². The lowest BCUT2D eigenvalue weighted by Gasteiger charge is -2.20. The van der Waals surface area contributed by atoms with Crippen LogP contribution in [-0.2, 0) is 13.0 Å². The van der Waals surface area contributed by atoms with Crippen molar-refractivity contribution < 1.29 is 0 Å². The molecule has 0 radical (unpaired) electrons. The van der Waals surface area contributed by atoms with Gasteiger partial charge < -0.3 is 10.2 Å². The van der Waals surface area contributed by atoms with Crippen LogP contribution in [0.3, 0.4) is 0 Å². The lowest BCUT2D eigenvalue weighted by Crippen LogP contribution is -2.19. The second-order valence-corrected chi connectivity index (χ2v) is 5.43. The fraction of sp³-hybridized carbons (Fsp3) is 0.333. The Morgan fingerprint density at radius 1 is 1.25 bits per heavy atom. The van der Waals surface area contributed by atoms with E-state index in [-0.39, 0.29) is 0 Å². The number of hydrogen-bond acceptors (Lipinski definition) is 4. The molecule has 0 atom stereocenters. The first-order chi connectivity index (χ1) is 9.63. The summed E-state index contributed by atoms with van der Waals surface area (Å²) in [5.74, 6) is 2.63. The van der Waals surface area contributed by atoms with Crippen molar-refractivity contribution in [1.29, 1.82) is 0 Å². The second kappa shape index (κ2) is 6.70. The molecule has 0 bridgehead atoms. The van der Waals surface area contributed by atoms with E-state index in [2.05, 4.69) is 55.2 Å². The van der Waals surface area contributed by atoms with Gasteiger partial charge in [0, 0.05) is 37.6 Å². The average Bonchev–Trinajstić information content (AvgIpc) is 2.48. The number of halogens is 1. The monoisotopic (exact) mass is 334 g/mol. The summed E-state index contributed by atoms with van der Waals surface area (Å²) in [5, 5.41) is 3.09. The number of nitrogens with one attached hydrogen (secondary N) is 1. The summed E-state index contributed by atoms with van der Waals surface area (Å²) in [6, 6.07) is 10.2. The quantitative estimate of drug-likeness (QED) is 0.908. The molecule has 1 aromatic heterocycles. The van der Waals surface area contributed by atoms with Gasteiger partial charge in [0.1, 0.15) is 17.5 Å². The minimum atomic E-state index is 0.796. The van der Waals surface area contributed by atoms with Crippen LogP contribution in [0.15, 0.2) is 34.8 Å². The van der Waals surface area contributed by atoms with Crippen LogP contribution < -0.4 is 10.2 Å². The minimum absolute atomic E-state index is 0.796. The Bertz CT molecular complexity index is 564. The highest BCUT2D eigenvalue weighted by atomic mass is 79.9. The number of nitrogens with zero attached hydrogens (tertiary/aromatic N) is 3. The van der Waals surface area contributed by atoms with Gasteiger partial charge in [-0.3, -0.25) is 0 Å². The van der Waals surface area contributed by atoms with E-state index in [4.69, 9.17) is 0 Å². The molecule has 0 aliphatic rings. The largest absolute Gasteiger partial charge is 0.373 e. The Morgan fingerprint density at radius 2 is 2.00 bits per heavy atom. The molecular weight excluding hydrogens is 316 g/mol. The van der Waals surface area contributed by atoms with Crippen LogP contribution in [0.1, 0.15) is 18.3 Å². The van der Waals surface area contributed by atoms with Crippen molar-refractivity contribution in [1.82, 2.24) is 9.97 Å². The van der Waals surface area contributed by atoms with Crippen molar-refractivity contribution in [2.45, 2.75) is 19.9 Å². The maximum atomic E-state index is 4.59. The summed E-state index contributed by atoms with van der Waals surface area (Å²) in [6.45, 7) is 2.86. The lowest BCUT2D eigenvalue weighted by molar-refractivity contribution is 0.858. The summed E-state index contributed by atoms with van der Waals surface area (Å²) in [5.41, 5.74) is 1.23. The molecule has 0 aliphatic heterocycles. The summed E-state index contributed by atoms with van der Waals surface area (Å²) in [6.07, 6.45) is 0.825. The minimum Gasteiger partial charge on any atom is -0.373 e. The predicted molar refractivity (Wildman–Crippen MR) is 87.2 cm³/mol. The molecule has 5 heteroatoms. The van der Waals surface area contributed by atoms with Crippen LogP contribution in [0, 0.1) is 0 Å². The van der Waals surface area contributed by atoms with Gasteiger partial charge in [-0.05, 0) is 11.6 Å². The smallest absolute Gasteiger partial charge is 0.134 e. The predicted octanol–water partition coefficient (Wildman–Crippen LogP) is 3.48. The third-order valence-corrected chi connectivity index (χ3v) is 3.86. The maximum Gasteiger partial charge on any atom is 0.134 e. The number of hydrogen-bond donors (Lipinski definition) is 1. The molecule has 2 rings (SSSR count). The normalized spacial score (nSPS) is 10.4. The molecule has 2 aromatic rings. The highest BCUT2D eigenvalue weighted by Crippen LogP contribution is 2.21. The summed E-state index contributed by atoms with van der Waals surface area (Å²) < 4.78 is 1.12. The van der Waals surface area contributed by atoms with Crippen LogP contribution in [-0.4, -0.2) is 24.1 Å². The molecule has 0 saturated carbocycles. The first-order valence-electron chi connectivity index (χ1n) is 6.64. The van der Waals surface area contributed by atoms with Gasteiger partial charge in [-0.15, -0.1) is 0 Å². The Morgan fingerprint density at radius 3 is 2.65 bits per heavy atom. The van der Waals surface area contributed by atoms with Gasteiger partial charge >= 0.3 is 0 Å². The molecule has 1 N–H and O–H groups in total. The molecule has 0 spiro atoms. The Kier molecular flexibility index (Phi) is 4.95. The zero-order valence-electron chi connectivity index (χ0n) is 12.0. The number of rotatable bonds is 5. The summed E-state index contributed by atoms with van der Waals surface area (Å²) >= 11 is 3.58. The number of benzene rings is 1. The van der Waals surface area contributed by atoms with Crippen molar-refractivity contribution in [3.63, 3.8) is 0 Å². The Balaban J connectivity index is 2.24. The maximum absolute atomic E-state index is 4.59. The molecule has 0 aliphatic carbocycles. The summed E-state index contributed by atoms with van der Waals surface area (Å²) in [7, 11) is 3.92. The number of aromatic nitrogens is 2. The Labute approximate surface area is 128 Å². The molecule has 0 saturated heterocycles. The highest BCUT2D eigenvalue weighted by Gasteiger charge is 2.09. The van der Waals surface area contributed by atoms with Crippen LogP contribution in [0.4, 0.5) is 11.6 Å². The molecule has 106 valence electrons. The Hall–Kier alpha value is -1.62. The van der Waals surface area contributed by atoms with Gasteiger partial charge in [0.05, 0.1) is 0 Å². The fourth-order valence-electron chi connectivity index (χ4n) is 1.93. The third-order valence-electron chi connectivity index (χ3n) is 3.09. The zero-order chi connectivity index (χ0) is 14.5. The summed E-state index contributed by atoms with van der Waals surface area (Å²) in [4.78, 5) is 11.1. The van der Waals surface area contributed by atoms with Crippen molar-refractivity contribution in [2.75, 3.05) is 24.3 Å². The van der Waals surface area contributed by atoms with E-state index in [1.54, 1.807) is 0 Å². The van der Waals surface area contributed by atoms with Gasteiger partial charge in [-0.2, -0.15) is 0 Å². The van der Waals surface area contributed by atoms with Crippen molar-refractivity contribution >= 4 is 27.6 Å². The molecule has 0 fully saturated rings. The topological polar surface area (TPSA) is 41.1 Å². The van der Waals surface area contributed by atoms with Gasteiger partial charge in [-0.1, -0.05) is 41.1 Å². The van der Waals surface area contributed by atoms with Crippen LogP contribution in [0.5, 0.6) is 0 Å². The standard InChI is InChI=1S/C15H19BrN4/c1-4-13-18-14(17-2)9-15(19-13)20(3)10-11-7-5-6-8-12(11)16/h5-9H,4,10H2,1-3H3,(H,17,18,19). The molecule has 1 heterocycles. The number of anilines is 2.